The van der Waals surface area contributed by atoms with Crippen molar-refractivity contribution in [2.45, 2.75) is 117 Å². The van der Waals surface area contributed by atoms with Gasteiger partial charge in [0.1, 0.15) is 0 Å². The number of aliphatic carboxylic acids is 1. The molecule has 2 aromatic carbocycles. The predicted octanol–water partition coefficient (Wildman–Crippen LogP) is 9.60. The van der Waals surface area contributed by atoms with E-state index in [2.05, 4.69) is 100 Å². The van der Waals surface area contributed by atoms with Gasteiger partial charge in [-0.3, -0.25) is 4.79 Å². The van der Waals surface area contributed by atoms with Gasteiger partial charge in [0, 0.05) is 46.0 Å². The Morgan fingerprint density at radius 2 is 0.902 bits per heavy atom. The zero-order valence-electron chi connectivity index (χ0n) is 27.3. The van der Waals surface area contributed by atoms with Crippen LogP contribution in [0.2, 0.25) is 0 Å². The molecule has 2 rings (SSSR count). The van der Waals surface area contributed by atoms with E-state index in [4.69, 9.17) is 5.11 Å². The van der Waals surface area contributed by atoms with Crippen LogP contribution in [0.3, 0.4) is 0 Å². The van der Waals surface area contributed by atoms with Crippen LogP contribution in [0.4, 0.5) is 11.4 Å². The Hall–Kier alpha value is -2.06. The summed E-state index contributed by atoms with van der Waals surface area (Å²) < 4.78 is 0. The van der Waals surface area contributed by atoms with E-state index in [9.17, 15) is 4.79 Å². The minimum absolute atomic E-state index is 0.257. The van der Waals surface area contributed by atoms with E-state index in [0.717, 1.165) is 12.8 Å². The van der Waals surface area contributed by atoms with E-state index in [0.29, 0.717) is 6.42 Å². The first kappa shape index (κ1) is 37.0. The van der Waals surface area contributed by atoms with Crippen molar-refractivity contribution < 1.29 is 9.90 Å². The Labute approximate surface area is 254 Å². The summed E-state index contributed by atoms with van der Waals surface area (Å²) in [6, 6.07) is 18.2. The molecule has 0 saturated heterocycles. The van der Waals surface area contributed by atoms with Crippen LogP contribution in [-0.4, -0.2) is 45.4 Å². The van der Waals surface area contributed by atoms with Gasteiger partial charge in [0.2, 0.25) is 0 Å². The van der Waals surface area contributed by atoms with Gasteiger partial charge in [-0.25, -0.2) is 0 Å². The third-order valence-electron chi connectivity index (χ3n) is 7.59. The van der Waals surface area contributed by atoms with Crippen molar-refractivity contribution in [3.8, 4) is 0 Å². The molecular formula is C36H61N2O2P. The molecule has 0 unspecified atom stereocenters. The van der Waals surface area contributed by atoms with Crippen molar-refractivity contribution in [1.82, 2.24) is 0 Å². The molecule has 0 fully saturated rings. The highest BCUT2D eigenvalue weighted by molar-refractivity contribution is 7.73. The summed E-state index contributed by atoms with van der Waals surface area (Å²) >= 11 is 0. The van der Waals surface area contributed by atoms with Crippen LogP contribution in [0.1, 0.15) is 117 Å². The Balaban J connectivity index is 0.000000425. The highest BCUT2D eigenvalue weighted by Crippen LogP contribution is 2.35. The van der Waals surface area contributed by atoms with Crippen molar-refractivity contribution in [3.05, 3.63) is 48.5 Å². The number of carbonyl (C=O) groups is 1. The lowest BCUT2D eigenvalue weighted by molar-refractivity contribution is -0.137. The van der Waals surface area contributed by atoms with Crippen molar-refractivity contribution >= 4 is 35.9 Å². The van der Waals surface area contributed by atoms with Crippen LogP contribution in [-0.2, 0) is 4.79 Å². The number of benzene rings is 2. The molecule has 1 N–H and O–H groups in total. The molecule has 2 aromatic rings. The number of carboxylic acids is 1. The summed E-state index contributed by atoms with van der Waals surface area (Å²) in [5, 5.41) is 11.5. The van der Waals surface area contributed by atoms with E-state index in [1.807, 2.05) is 0 Å². The van der Waals surface area contributed by atoms with Crippen molar-refractivity contribution in [1.29, 1.82) is 0 Å². The normalized spacial score (nSPS) is 10.8. The van der Waals surface area contributed by atoms with Crippen LogP contribution in [0.25, 0.3) is 0 Å². The Kier molecular flexibility index (Phi) is 21.2. The molecule has 41 heavy (non-hydrogen) atoms. The fraction of sp³-hybridized carbons (Fsp3) is 0.639. The van der Waals surface area contributed by atoms with Gasteiger partial charge in [-0.1, -0.05) is 122 Å². The lowest BCUT2D eigenvalue weighted by Crippen LogP contribution is -2.16. The molecule has 232 valence electrons. The van der Waals surface area contributed by atoms with E-state index in [1.54, 1.807) is 0 Å². The van der Waals surface area contributed by atoms with Gasteiger partial charge < -0.3 is 14.9 Å². The van der Waals surface area contributed by atoms with E-state index in [-0.39, 0.29) is 7.92 Å². The van der Waals surface area contributed by atoms with E-state index < -0.39 is 5.97 Å². The van der Waals surface area contributed by atoms with Crippen LogP contribution < -0.4 is 20.4 Å². The number of rotatable bonds is 21. The smallest absolute Gasteiger partial charge is 0.303 e. The molecule has 0 bridgehead atoms. The van der Waals surface area contributed by atoms with Gasteiger partial charge in [-0.2, -0.15) is 0 Å². The largest absolute Gasteiger partial charge is 0.481 e. The monoisotopic (exact) mass is 584 g/mol. The molecule has 0 radical (unpaired) electrons. The maximum Gasteiger partial charge on any atom is 0.303 e. The minimum atomic E-state index is -0.655. The molecule has 0 saturated carbocycles. The van der Waals surface area contributed by atoms with Crippen molar-refractivity contribution in [2.24, 2.45) is 0 Å². The highest BCUT2D eigenvalue weighted by Gasteiger charge is 2.14. The molecule has 4 nitrogen and oxygen atoms in total. The summed E-state index contributed by atoms with van der Waals surface area (Å²) in [5.41, 5.74) is 2.53. The molecule has 0 aliphatic carbocycles. The fourth-order valence-corrected chi connectivity index (χ4v) is 7.34. The molecule has 0 atom stereocenters. The lowest BCUT2D eigenvalue weighted by atomic mass is 10.0. The second kappa shape index (κ2) is 23.5. The highest BCUT2D eigenvalue weighted by atomic mass is 31.1. The Morgan fingerprint density at radius 1 is 0.561 bits per heavy atom. The Morgan fingerprint density at radius 3 is 1.22 bits per heavy atom. The zero-order valence-corrected chi connectivity index (χ0v) is 28.2. The Bertz CT molecular complexity index is 845. The maximum atomic E-state index is 10.3. The van der Waals surface area contributed by atoms with Crippen LogP contribution in [0, 0.1) is 0 Å². The number of nitrogens with zero attached hydrogens (tertiary/aromatic N) is 2. The van der Waals surface area contributed by atoms with Gasteiger partial charge in [0.25, 0.3) is 0 Å². The molecule has 5 heteroatoms. The first-order chi connectivity index (χ1) is 19.8. The topological polar surface area (TPSA) is 43.8 Å². The average Bonchev–Trinajstić information content (AvgIpc) is 2.96. The second-order valence-electron chi connectivity index (χ2n) is 11.7. The molecule has 0 aromatic heterocycles. The van der Waals surface area contributed by atoms with E-state index >= 15 is 0 Å². The van der Waals surface area contributed by atoms with Crippen molar-refractivity contribution in [2.75, 3.05) is 44.2 Å². The lowest BCUT2D eigenvalue weighted by Gasteiger charge is -2.21. The number of hydrogen-bond donors (Lipinski definition) is 1. The van der Waals surface area contributed by atoms with Gasteiger partial charge in [0.15, 0.2) is 0 Å². The summed E-state index contributed by atoms with van der Waals surface area (Å²) in [6.07, 6.45) is 21.1. The molecular weight excluding hydrogens is 523 g/mol. The maximum absolute atomic E-state index is 10.3. The quantitative estimate of drug-likeness (QED) is 0.117. The van der Waals surface area contributed by atoms with E-state index in [1.165, 1.54) is 112 Å². The number of unbranched alkanes of at least 4 members (excludes halogenated alkanes) is 13. The summed E-state index contributed by atoms with van der Waals surface area (Å²) in [5.74, 6) is -0.655. The van der Waals surface area contributed by atoms with Crippen LogP contribution in [0.5, 0.6) is 0 Å². The average molecular weight is 585 g/mol. The van der Waals surface area contributed by atoms with Crippen molar-refractivity contribution in [3.63, 3.8) is 0 Å². The molecule has 0 aliphatic heterocycles. The third kappa shape index (κ3) is 17.5. The second-order valence-corrected chi connectivity index (χ2v) is 14.0. The molecule has 0 aliphatic rings. The number of carboxylic acid groups (broad SMARTS) is 1. The summed E-state index contributed by atoms with van der Waals surface area (Å²) in [7, 11) is 8.11. The third-order valence-corrected chi connectivity index (χ3v) is 10.2. The van der Waals surface area contributed by atoms with Crippen LogP contribution >= 0.6 is 7.92 Å². The van der Waals surface area contributed by atoms with Gasteiger partial charge in [0.05, 0.1) is 0 Å². The zero-order chi connectivity index (χ0) is 30.3. The standard InChI is InChI=1S/C20H29N2P.C16H32O2/c1-6-7-16-23(19-12-8-17(9-13-19)21(2)3)20-14-10-18(11-15-20)22(4)5;1-2-3-4-5-6-7-8-9-10-11-12-13-14-15-16(17)18/h8-15H,6-7,16H2,1-5H3;2-15H2,1H3,(H,17,18). The molecule has 0 spiro atoms. The molecule has 0 heterocycles. The minimum Gasteiger partial charge on any atom is -0.481 e. The summed E-state index contributed by atoms with van der Waals surface area (Å²) in [4.78, 5) is 14.6. The number of hydrogen-bond acceptors (Lipinski definition) is 3. The van der Waals surface area contributed by atoms with Gasteiger partial charge in [-0.05, 0) is 61.8 Å². The SMILES string of the molecule is CCCCCCCCCCCCCCCC(=O)O.CCCCP(c1ccc(N(C)C)cc1)c1ccc(N(C)C)cc1. The number of anilines is 2. The van der Waals surface area contributed by atoms with Gasteiger partial charge in [-0.15, -0.1) is 0 Å². The first-order valence-corrected chi connectivity index (χ1v) is 17.9. The predicted molar refractivity (Wildman–Crippen MR) is 185 cm³/mol. The van der Waals surface area contributed by atoms with Gasteiger partial charge >= 0.3 is 5.97 Å². The first-order valence-electron chi connectivity index (χ1n) is 16.3. The molecule has 0 amide bonds. The summed E-state index contributed by atoms with van der Waals surface area (Å²) in [6.45, 7) is 4.54. The van der Waals surface area contributed by atoms with Crippen LogP contribution in [0.15, 0.2) is 48.5 Å². The fourth-order valence-electron chi connectivity index (χ4n) is 4.88.